The summed E-state index contributed by atoms with van der Waals surface area (Å²) in [7, 11) is 0. The zero-order chi connectivity index (χ0) is 12.3. The van der Waals surface area contributed by atoms with Crippen molar-refractivity contribution in [1.29, 1.82) is 0 Å². The maximum Gasteiger partial charge on any atom is 0.141 e. The van der Waals surface area contributed by atoms with Crippen molar-refractivity contribution in [2.75, 3.05) is 26.2 Å². The van der Waals surface area contributed by atoms with E-state index in [4.69, 9.17) is 10.5 Å². The quantitative estimate of drug-likeness (QED) is 0.853. The highest BCUT2D eigenvalue weighted by Crippen LogP contribution is 2.20. The third-order valence-corrected chi connectivity index (χ3v) is 3.16. The van der Waals surface area contributed by atoms with Crippen molar-refractivity contribution in [3.8, 4) is 0 Å². The number of pyridine rings is 1. The van der Waals surface area contributed by atoms with Crippen LogP contribution in [0.25, 0.3) is 0 Å². The Morgan fingerprint density at radius 2 is 2.47 bits per heavy atom. The molecule has 2 unspecified atom stereocenters. The number of nitrogens with two attached hydrogens (primary N) is 1. The molecule has 0 aliphatic carbocycles. The standard InChI is InChI=1S/C12H18FN3O/c1-9(12-3-2-10(13)7-15-12)16-4-5-17-11(6-14)8-16/h2-3,7,9,11H,4-6,8,14H2,1H3. The molecule has 94 valence electrons. The van der Waals surface area contributed by atoms with Gasteiger partial charge in [0.2, 0.25) is 0 Å². The molecular formula is C12H18FN3O. The highest BCUT2D eigenvalue weighted by molar-refractivity contribution is 5.09. The van der Waals surface area contributed by atoms with Gasteiger partial charge in [-0.25, -0.2) is 4.39 Å². The summed E-state index contributed by atoms with van der Waals surface area (Å²) in [6.07, 6.45) is 1.35. The van der Waals surface area contributed by atoms with Crippen LogP contribution in [0.15, 0.2) is 18.3 Å². The molecule has 1 aliphatic rings. The summed E-state index contributed by atoms with van der Waals surface area (Å²) in [4.78, 5) is 6.38. The minimum atomic E-state index is -0.303. The number of hydrogen-bond donors (Lipinski definition) is 1. The Labute approximate surface area is 101 Å². The summed E-state index contributed by atoms with van der Waals surface area (Å²) in [5.74, 6) is -0.303. The fourth-order valence-corrected chi connectivity index (χ4v) is 2.06. The third kappa shape index (κ3) is 3.00. The molecule has 2 rings (SSSR count). The summed E-state index contributed by atoms with van der Waals surface area (Å²) in [6.45, 7) is 4.94. The van der Waals surface area contributed by atoms with Gasteiger partial charge >= 0.3 is 0 Å². The summed E-state index contributed by atoms with van der Waals surface area (Å²) in [5.41, 5.74) is 6.49. The number of ether oxygens (including phenoxy) is 1. The van der Waals surface area contributed by atoms with E-state index in [1.54, 1.807) is 6.07 Å². The molecule has 0 spiro atoms. The van der Waals surface area contributed by atoms with Crippen molar-refractivity contribution in [2.45, 2.75) is 19.1 Å². The lowest BCUT2D eigenvalue weighted by molar-refractivity contribution is -0.0369. The van der Waals surface area contributed by atoms with Crippen LogP contribution in [0.3, 0.4) is 0 Å². The second kappa shape index (κ2) is 5.53. The van der Waals surface area contributed by atoms with Gasteiger partial charge in [-0.3, -0.25) is 9.88 Å². The van der Waals surface area contributed by atoms with E-state index in [0.717, 1.165) is 18.8 Å². The van der Waals surface area contributed by atoms with Crippen LogP contribution in [0.4, 0.5) is 4.39 Å². The fourth-order valence-electron chi connectivity index (χ4n) is 2.06. The molecule has 2 N–H and O–H groups in total. The Morgan fingerprint density at radius 3 is 3.12 bits per heavy atom. The van der Waals surface area contributed by atoms with E-state index in [9.17, 15) is 4.39 Å². The monoisotopic (exact) mass is 239 g/mol. The molecular weight excluding hydrogens is 221 g/mol. The molecule has 0 saturated carbocycles. The van der Waals surface area contributed by atoms with Crippen molar-refractivity contribution in [3.63, 3.8) is 0 Å². The summed E-state index contributed by atoms with van der Waals surface area (Å²) in [5, 5.41) is 0. The normalized spacial score (nSPS) is 23.6. The maximum absolute atomic E-state index is 12.8. The molecule has 0 radical (unpaired) electrons. The van der Waals surface area contributed by atoms with Crippen LogP contribution in [-0.2, 0) is 4.74 Å². The number of halogens is 1. The maximum atomic E-state index is 12.8. The Balaban J connectivity index is 2.03. The lowest BCUT2D eigenvalue weighted by Crippen LogP contribution is -2.46. The van der Waals surface area contributed by atoms with E-state index in [1.165, 1.54) is 12.3 Å². The largest absolute Gasteiger partial charge is 0.374 e. The molecule has 1 aliphatic heterocycles. The lowest BCUT2D eigenvalue weighted by Gasteiger charge is -2.36. The van der Waals surface area contributed by atoms with Gasteiger partial charge in [0.15, 0.2) is 0 Å². The van der Waals surface area contributed by atoms with Crippen LogP contribution < -0.4 is 5.73 Å². The first-order valence-corrected chi connectivity index (χ1v) is 5.88. The first kappa shape index (κ1) is 12.4. The topological polar surface area (TPSA) is 51.4 Å². The first-order chi connectivity index (χ1) is 8.20. The predicted molar refractivity (Wildman–Crippen MR) is 63.0 cm³/mol. The van der Waals surface area contributed by atoms with Crippen molar-refractivity contribution in [3.05, 3.63) is 29.8 Å². The molecule has 0 aromatic carbocycles. The number of nitrogens with zero attached hydrogens (tertiary/aromatic N) is 2. The van der Waals surface area contributed by atoms with Crippen molar-refractivity contribution < 1.29 is 9.13 Å². The van der Waals surface area contributed by atoms with Gasteiger partial charge in [-0.1, -0.05) is 0 Å². The van der Waals surface area contributed by atoms with Gasteiger partial charge in [0.1, 0.15) is 5.82 Å². The first-order valence-electron chi connectivity index (χ1n) is 5.88. The highest BCUT2D eigenvalue weighted by Gasteiger charge is 2.24. The average molecular weight is 239 g/mol. The SMILES string of the molecule is CC(c1ccc(F)cn1)N1CCOC(CN)C1. The van der Waals surface area contributed by atoms with Gasteiger partial charge in [-0.05, 0) is 19.1 Å². The lowest BCUT2D eigenvalue weighted by atomic mass is 10.1. The second-order valence-electron chi connectivity index (χ2n) is 4.30. The van der Waals surface area contributed by atoms with Gasteiger partial charge in [0.25, 0.3) is 0 Å². The molecule has 2 atom stereocenters. The minimum absolute atomic E-state index is 0.0895. The van der Waals surface area contributed by atoms with Crippen LogP contribution in [-0.4, -0.2) is 42.2 Å². The fraction of sp³-hybridized carbons (Fsp3) is 0.583. The van der Waals surface area contributed by atoms with Crippen molar-refractivity contribution in [2.24, 2.45) is 5.73 Å². The number of rotatable bonds is 3. The summed E-state index contributed by atoms with van der Waals surface area (Å²) < 4.78 is 18.3. The second-order valence-corrected chi connectivity index (χ2v) is 4.30. The highest BCUT2D eigenvalue weighted by atomic mass is 19.1. The zero-order valence-corrected chi connectivity index (χ0v) is 9.97. The van der Waals surface area contributed by atoms with E-state index in [-0.39, 0.29) is 18.0 Å². The molecule has 1 fully saturated rings. The number of morpholine rings is 1. The average Bonchev–Trinajstić information content (AvgIpc) is 2.39. The van der Waals surface area contributed by atoms with Crippen LogP contribution in [0.2, 0.25) is 0 Å². The van der Waals surface area contributed by atoms with E-state index in [0.29, 0.717) is 13.2 Å². The molecule has 5 heteroatoms. The van der Waals surface area contributed by atoms with Crippen LogP contribution >= 0.6 is 0 Å². The van der Waals surface area contributed by atoms with Gasteiger partial charge in [0, 0.05) is 25.7 Å². The van der Waals surface area contributed by atoms with Gasteiger partial charge in [0.05, 0.1) is 24.6 Å². The van der Waals surface area contributed by atoms with E-state index < -0.39 is 0 Å². The van der Waals surface area contributed by atoms with Gasteiger partial charge in [-0.15, -0.1) is 0 Å². The zero-order valence-electron chi connectivity index (χ0n) is 9.97. The number of aromatic nitrogens is 1. The Morgan fingerprint density at radius 1 is 1.65 bits per heavy atom. The minimum Gasteiger partial charge on any atom is -0.374 e. The smallest absolute Gasteiger partial charge is 0.141 e. The predicted octanol–water partition coefficient (Wildman–Crippen LogP) is 0.941. The number of hydrogen-bond acceptors (Lipinski definition) is 4. The van der Waals surface area contributed by atoms with Crippen molar-refractivity contribution in [1.82, 2.24) is 9.88 Å². The van der Waals surface area contributed by atoms with Crippen molar-refractivity contribution >= 4 is 0 Å². The van der Waals surface area contributed by atoms with Gasteiger partial charge < -0.3 is 10.5 Å². The molecule has 1 aromatic rings. The van der Waals surface area contributed by atoms with Crippen LogP contribution in [0.5, 0.6) is 0 Å². The molecule has 1 aromatic heterocycles. The van der Waals surface area contributed by atoms with Crippen LogP contribution in [0.1, 0.15) is 18.7 Å². The van der Waals surface area contributed by atoms with E-state index in [2.05, 4.69) is 16.8 Å². The van der Waals surface area contributed by atoms with Crippen LogP contribution in [0, 0.1) is 5.82 Å². The summed E-state index contributed by atoms with van der Waals surface area (Å²) in [6, 6.07) is 3.33. The summed E-state index contributed by atoms with van der Waals surface area (Å²) >= 11 is 0. The third-order valence-electron chi connectivity index (χ3n) is 3.16. The Hall–Kier alpha value is -1.04. The van der Waals surface area contributed by atoms with E-state index >= 15 is 0 Å². The van der Waals surface area contributed by atoms with Gasteiger partial charge in [-0.2, -0.15) is 0 Å². The molecule has 17 heavy (non-hydrogen) atoms. The Kier molecular flexibility index (Phi) is 4.04. The molecule has 0 amide bonds. The molecule has 2 heterocycles. The Bertz CT molecular complexity index is 357. The molecule has 0 bridgehead atoms. The van der Waals surface area contributed by atoms with E-state index in [1.807, 2.05) is 0 Å². The molecule has 1 saturated heterocycles. The molecule has 4 nitrogen and oxygen atoms in total.